The third-order valence-electron chi connectivity index (χ3n) is 3.70. The van der Waals surface area contributed by atoms with E-state index < -0.39 is 0 Å². The zero-order valence-corrected chi connectivity index (χ0v) is 11.0. The Bertz CT molecular complexity index is 353. The van der Waals surface area contributed by atoms with Crippen molar-refractivity contribution in [1.29, 1.82) is 0 Å². The highest BCUT2D eigenvalue weighted by atomic mass is 32.2. The van der Waals surface area contributed by atoms with Crippen molar-refractivity contribution >= 4 is 11.8 Å². The van der Waals surface area contributed by atoms with Crippen molar-refractivity contribution in [2.45, 2.75) is 12.5 Å². The molecule has 0 spiro atoms. The molecule has 0 aromatic heterocycles. The predicted molar refractivity (Wildman–Crippen MR) is 74.7 cm³/mol. The van der Waals surface area contributed by atoms with Crippen LogP contribution in [0.4, 0.5) is 0 Å². The third kappa shape index (κ3) is 2.84. The first-order valence-electron chi connectivity index (χ1n) is 6.51. The SMILES string of the molecule is c1cc(C2CSC2)ccc1CN1CCNCC1. The van der Waals surface area contributed by atoms with Gasteiger partial charge in [-0.3, -0.25) is 4.90 Å². The smallest absolute Gasteiger partial charge is 0.0234 e. The molecule has 3 rings (SSSR count). The summed E-state index contributed by atoms with van der Waals surface area (Å²) in [7, 11) is 0. The molecule has 1 N–H and O–H groups in total. The van der Waals surface area contributed by atoms with E-state index in [1.807, 2.05) is 0 Å². The Balaban J connectivity index is 1.59. The number of rotatable bonds is 3. The lowest BCUT2D eigenvalue weighted by molar-refractivity contribution is 0.233. The van der Waals surface area contributed by atoms with Crippen LogP contribution in [0, 0.1) is 0 Å². The van der Waals surface area contributed by atoms with Crippen LogP contribution in [0.3, 0.4) is 0 Å². The molecule has 2 aliphatic heterocycles. The van der Waals surface area contributed by atoms with E-state index in [-0.39, 0.29) is 0 Å². The Morgan fingerprint density at radius 2 is 1.82 bits per heavy atom. The fourth-order valence-corrected chi connectivity index (χ4v) is 3.31. The third-order valence-corrected chi connectivity index (χ3v) is 4.98. The van der Waals surface area contributed by atoms with Crippen molar-refractivity contribution in [2.75, 3.05) is 37.7 Å². The molecule has 1 aromatic rings. The molecule has 92 valence electrons. The van der Waals surface area contributed by atoms with Gasteiger partial charge in [0.1, 0.15) is 0 Å². The van der Waals surface area contributed by atoms with E-state index in [2.05, 4.69) is 46.2 Å². The molecular weight excluding hydrogens is 228 g/mol. The Morgan fingerprint density at radius 3 is 2.41 bits per heavy atom. The van der Waals surface area contributed by atoms with Crippen molar-refractivity contribution in [2.24, 2.45) is 0 Å². The van der Waals surface area contributed by atoms with Crippen molar-refractivity contribution < 1.29 is 0 Å². The van der Waals surface area contributed by atoms with E-state index in [9.17, 15) is 0 Å². The van der Waals surface area contributed by atoms with Crippen LogP contribution in [0.25, 0.3) is 0 Å². The standard InChI is InChI=1S/C14H20N2S/c1-3-13(14-10-17-11-14)4-2-12(1)9-16-7-5-15-6-8-16/h1-4,14-15H,5-11H2. The molecule has 0 bridgehead atoms. The molecule has 2 heterocycles. The maximum atomic E-state index is 3.40. The molecule has 0 amide bonds. The van der Waals surface area contributed by atoms with Gasteiger partial charge in [0.05, 0.1) is 0 Å². The summed E-state index contributed by atoms with van der Waals surface area (Å²) < 4.78 is 0. The Morgan fingerprint density at radius 1 is 1.12 bits per heavy atom. The van der Waals surface area contributed by atoms with Crippen LogP contribution < -0.4 is 5.32 Å². The zero-order valence-electron chi connectivity index (χ0n) is 10.2. The van der Waals surface area contributed by atoms with Crippen LogP contribution in [-0.4, -0.2) is 42.6 Å². The van der Waals surface area contributed by atoms with Gasteiger partial charge in [-0.2, -0.15) is 11.8 Å². The molecule has 17 heavy (non-hydrogen) atoms. The summed E-state index contributed by atoms with van der Waals surface area (Å²) in [6.45, 7) is 5.75. The lowest BCUT2D eigenvalue weighted by Gasteiger charge is -2.28. The molecule has 2 nitrogen and oxygen atoms in total. The van der Waals surface area contributed by atoms with Crippen LogP contribution in [0.2, 0.25) is 0 Å². The van der Waals surface area contributed by atoms with E-state index in [1.54, 1.807) is 0 Å². The minimum absolute atomic E-state index is 0.827. The maximum absolute atomic E-state index is 3.40. The molecule has 0 unspecified atom stereocenters. The lowest BCUT2D eigenvalue weighted by Crippen LogP contribution is -2.42. The van der Waals surface area contributed by atoms with Gasteiger partial charge in [-0.15, -0.1) is 0 Å². The minimum Gasteiger partial charge on any atom is -0.314 e. The van der Waals surface area contributed by atoms with Crippen molar-refractivity contribution in [1.82, 2.24) is 10.2 Å². The van der Waals surface area contributed by atoms with Crippen molar-refractivity contribution in [3.8, 4) is 0 Å². The second kappa shape index (κ2) is 5.42. The zero-order chi connectivity index (χ0) is 11.5. The first kappa shape index (κ1) is 11.6. The molecule has 2 aliphatic rings. The molecule has 0 atom stereocenters. The Hall–Kier alpha value is -0.510. The summed E-state index contributed by atoms with van der Waals surface area (Å²) >= 11 is 2.06. The first-order valence-corrected chi connectivity index (χ1v) is 7.67. The van der Waals surface area contributed by atoms with Crippen LogP contribution in [0.5, 0.6) is 0 Å². The largest absolute Gasteiger partial charge is 0.314 e. The van der Waals surface area contributed by atoms with Crippen LogP contribution >= 0.6 is 11.8 Å². The monoisotopic (exact) mass is 248 g/mol. The predicted octanol–water partition coefficient (Wildman–Crippen LogP) is 1.92. The van der Waals surface area contributed by atoms with Crippen LogP contribution in [0.15, 0.2) is 24.3 Å². The summed E-state index contributed by atoms with van der Waals surface area (Å²) in [6, 6.07) is 9.31. The number of hydrogen-bond acceptors (Lipinski definition) is 3. The second-order valence-corrected chi connectivity index (χ2v) is 6.08. The fraction of sp³-hybridized carbons (Fsp3) is 0.571. The number of benzene rings is 1. The molecule has 0 aliphatic carbocycles. The summed E-state index contributed by atoms with van der Waals surface area (Å²) in [4.78, 5) is 2.53. The quantitative estimate of drug-likeness (QED) is 0.880. The fourth-order valence-electron chi connectivity index (χ4n) is 2.45. The van der Waals surface area contributed by atoms with Gasteiger partial charge in [0.2, 0.25) is 0 Å². The highest BCUT2D eigenvalue weighted by Gasteiger charge is 2.19. The van der Waals surface area contributed by atoms with Gasteiger partial charge in [0.15, 0.2) is 0 Å². The van der Waals surface area contributed by atoms with E-state index in [0.29, 0.717) is 0 Å². The number of thioether (sulfide) groups is 1. The molecule has 0 radical (unpaired) electrons. The van der Waals surface area contributed by atoms with Crippen LogP contribution in [-0.2, 0) is 6.54 Å². The van der Waals surface area contributed by atoms with Gasteiger partial charge < -0.3 is 5.32 Å². The van der Waals surface area contributed by atoms with E-state index >= 15 is 0 Å². The maximum Gasteiger partial charge on any atom is 0.0234 e. The van der Waals surface area contributed by atoms with Gasteiger partial charge >= 0.3 is 0 Å². The van der Waals surface area contributed by atoms with Gasteiger partial charge in [-0.1, -0.05) is 24.3 Å². The van der Waals surface area contributed by atoms with Crippen molar-refractivity contribution in [3.05, 3.63) is 35.4 Å². The number of nitrogens with zero attached hydrogens (tertiary/aromatic N) is 1. The van der Waals surface area contributed by atoms with Gasteiger partial charge in [0, 0.05) is 50.1 Å². The number of nitrogens with one attached hydrogen (secondary N) is 1. The average molecular weight is 248 g/mol. The summed E-state index contributed by atoms with van der Waals surface area (Å²) in [5.74, 6) is 3.46. The van der Waals surface area contributed by atoms with Gasteiger partial charge in [-0.25, -0.2) is 0 Å². The molecule has 2 saturated heterocycles. The average Bonchev–Trinajstić information content (AvgIpc) is 2.31. The molecule has 3 heteroatoms. The minimum atomic E-state index is 0.827. The van der Waals surface area contributed by atoms with Crippen molar-refractivity contribution in [3.63, 3.8) is 0 Å². The first-order chi connectivity index (χ1) is 8.42. The molecular formula is C14H20N2S. The van der Waals surface area contributed by atoms with Gasteiger partial charge in [-0.05, 0) is 11.1 Å². The second-order valence-electron chi connectivity index (χ2n) is 5.00. The normalized spacial score (nSPS) is 22.4. The molecule has 1 aromatic carbocycles. The Labute approximate surface area is 108 Å². The summed E-state index contributed by atoms with van der Waals surface area (Å²) in [5, 5.41) is 3.40. The highest BCUT2D eigenvalue weighted by molar-refractivity contribution is 8.00. The van der Waals surface area contributed by atoms with Gasteiger partial charge in [0.25, 0.3) is 0 Å². The van der Waals surface area contributed by atoms with E-state index in [4.69, 9.17) is 0 Å². The van der Waals surface area contributed by atoms with Crippen LogP contribution in [0.1, 0.15) is 17.0 Å². The highest BCUT2D eigenvalue weighted by Crippen LogP contribution is 2.33. The topological polar surface area (TPSA) is 15.3 Å². The van der Waals surface area contributed by atoms with E-state index in [1.165, 1.54) is 35.7 Å². The summed E-state index contributed by atoms with van der Waals surface area (Å²) in [6.07, 6.45) is 0. The molecule has 2 fully saturated rings. The van der Waals surface area contributed by atoms with E-state index in [0.717, 1.165) is 25.6 Å². The lowest BCUT2D eigenvalue weighted by atomic mass is 10.0. The summed E-state index contributed by atoms with van der Waals surface area (Å²) in [5.41, 5.74) is 3.00. The number of hydrogen-bond donors (Lipinski definition) is 1. The molecule has 0 saturated carbocycles. The Kier molecular flexibility index (Phi) is 3.69. The number of piperazine rings is 1.